The highest BCUT2D eigenvalue weighted by atomic mass is 32.2. The van der Waals surface area contributed by atoms with Crippen LogP contribution in [-0.2, 0) is 20.0 Å². The van der Waals surface area contributed by atoms with Crippen molar-refractivity contribution < 1.29 is 38.8 Å². The van der Waals surface area contributed by atoms with Crippen LogP contribution in [0.4, 0.5) is 33.3 Å². The number of hydrogen-bond donors (Lipinski definition) is 2. The van der Waals surface area contributed by atoms with Gasteiger partial charge < -0.3 is 0 Å². The number of sulfonamides is 2. The molecular weight excluding hydrogens is 467 g/mol. The molecule has 0 heterocycles. The third-order valence-corrected chi connectivity index (χ3v) is 6.68. The Morgan fingerprint density at radius 2 is 0.935 bits per heavy atom. The smallest absolute Gasteiger partial charge is 0.267 e. The van der Waals surface area contributed by atoms with Gasteiger partial charge in [-0.1, -0.05) is 12.1 Å². The van der Waals surface area contributed by atoms with Crippen molar-refractivity contribution in [2.75, 3.05) is 9.44 Å². The van der Waals surface area contributed by atoms with Gasteiger partial charge in [0, 0.05) is 6.07 Å². The molecule has 0 fully saturated rings. The van der Waals surface area contributed by atoms with Gasteiger partial charge in [0.15, 0.2) is 9.79 Å². The van der Waals surface area contributed by atoms with Gasteiger partial charge in [-0.05, 0) is 36.4 Å². The van der Waals surface area contributed by atoms with Crippen LogP contribution < -0.4 is 9.44 Å². The maximum atomic E-state index is 13.9. The lowest BCUT2D eigenvalue weighted by atomic mass is 10.3. The fraction of sp³-hybridized carbons (Fsp3) is 0. The van der Waals surface area contributed by atoms with Crippen molar-refractivity contribution in [1.29, 1.82) is 0 Å². The minimum atomic E-state index is -5.00. The van der Waals surface area contributed by atoms with Crippen LogP contribution in [0.1, 0.15) is 0 Å². The molecule has 0 amide bonds. The Balaban J connectivity index is 2.06. The van der Waals surface area contributed by atoms with Crippen LogP contribution in [0.3, 0.4) is 0 Å². The quantitative estimate of drug-likeness (QED) is 0.525. The Labute approximate surface area is 173 Å². The second-order valence-electron chi connectivity index (χ2n) is 6.00. The molecule has 0 atom stereocenters. The highest BCUT2D eigenvalue weighted by Gasteiger charge is 2.28. The summed E-state index contributed by atoms with van der Waals surface area (Å²) in [5.74, 6) is -6.85. The van der Waals surface area contributed by atoms with Gasteiger partial charge in [-0.15, -0.1) is 0 Å². The highest BCUT2D eigenvalue weighted by Crippen LogP contribution is 2.30. The first-order valence-corrected chi connectivity index (χ1v) is 11.1. The molecule has 0 radical (unpaired) electrons. The van der Waals surface area contributed by atoms with Crippen LogP contribution in [0.5, 0.6) is 0 Å². The summed E-state index contributed by atoms with van der Waals surface area (Å²) in [6.07, 6.45) is 0. The van der Waals surface area contributed by atoms with Gasteiger partial charge in [0.05, 0.1) is 11.4 Å². The van der Waals surface area contributed by atoms with E-state index in [9.17, 15) is 38.8 Å². The summed E-state index contributed by atoms with van der Waals surface area (Å²) in [7, 11) is -9.95. The minimum absolute atomic E-state index is 0.506. The van der Waals surface area contributed by atoms with Crippen molar-refractivity contribution in [2.24, 2.45) is 0 Å². The van der Waals surface area contributed by atoms with Gasteiger partial charge in [0.1, 0.15) is 29.1 Å². The van der Waals surface area contributed by atoms with E-state index in [2.05, 4.69) is 0 Å². The van der Waals surface area contributed by atoms with Gasteiger partial charge >= 0.3 is 0 Å². The molecule has 31 heavy (non-hydrogen) atoms. The predicted octanol–water partition coefficient (Wildman–Crippen LogP) is 3.98. The van der Waals surface area contributed by atoms with Crippen molar-refractivity contribution in [2.45, 2.75) is 9.79 Å². The van der Waals surface area contributed by atoms with Crippen molar-refractivity contribution >= 4 is 31.4 Å². The lowest BCUT2D eigenvalue weighted by Crippen LogP contribution is -2.20. The number of rotatable bonds is 6. The molecule has 0 spiro atoms. The van der Waals surface area contributed by atoms with Crippen molar-refractivity contribution in [3.8, 4) is 0 Å². The summed E-state index contributed by atoms with van der Waals surface area (Å²) in [6.45, 7) is 0. The normalized spacial score (nSPS) is 11.9. The van der Waals surface area contributed by atoms with Gasteiger partial charge in [-0.3, -0.25) is 9.44 Å². The summed E-state index contributed by atoms with van der Waals surface area (Å²) in [4.78, 5) is -2.76. The van der Waals surface area contributed by atoms with Crippen LogP contribution in [0.2, 0.25) is 0 Å². The zero-order chi connectivity index (χ0) is 23.0. The maximum absolute atomic E-state index is 13.9. The molecule has 3 aromatic carbocycles. The first-order valence-electron chi connectivity index (χ1n) is 8.15. The summed E-state index contributed by atoms with van der Waals surface area (Å²) in [6, 6.07) is 6.48. The topological polar surface area (TPSA) is 92.3 Å². The average Bonchev–Trinajstić information content (AvgIpc) is 2.63. The number of anilines is 2. The molecule has 164 valence electrons. The maximum Gasteiger partial charge on any atom is 0.267 e. The fourth-order valence-corrected chi connectivity index (χ4v) is 4.99. The Kier molecular flexibility index (Phi) is 5.91. The molecule has 0 bridgehead atoms. The molecule has 3 rings (SSSR count). The third kappa shape index (κ3) is 4.61. The highest BCUT2D eigenvalue weighted by molar-refractivity contribution is 7.93. The van der Waals surface area contributed by atoms with E-state index in [-0.39, 0.29) is 0 Å². The van der Waals surface area contributed by atoms with E-state index in [1.54, 1.807) is 9.44 Å². The fourth-order valence-electron chi connectivity index (χ4n) is 2.56. The molecule has 13 heteroatoms. The van der Waals surface area contributed by atoms with E-state index < -0.39 is 70.3 Å². The number of nitrogens with one attached hydrogen (secondary N) is 2. The Morgan fingerprint density at radius 1 is 0.548 bits per heavy atom. The third-order valence-electron chi connectivity index (χ3n) is 3.85. The lowest BCUT2D eigenvalue weighted by molar-refractivity contribution is 0.519. The van der Waals surface area contributed by atoms with Crippen molar-refractivity contribution in [1.82, 2.24) is 0 Å². The van der Waals surface area contributed by atoms with Crippen LogP contribution in [-0.4, -0.2) is 16.8 Å². The van der Waals surface area contributed by atoms with Gasteiger partial charge in [-0.2, -0.15) is 0 Å². The van der Waals surface area contributed by atoms with E-state index in [1.807, 2.05) is 0 Å². The van der Waals surface area contributed by atoms with Crippen molar-refractivity contribution in [3.63, 3.8) is 0 Å². The molecule has 0 saturated carbocycles. The van der Waals surface area contributed by atoms with E-state index in [0.717, 1.165) is 24.3 Å². The minimum Gasteiger partial charge on any atom is -0.277 e. The Bertz CT molecular complexity index is 1340. The van der Waals surface area contributed by atoms with Crippen molar-refractivity contribution in [3.05, 3.63) is 83.7 Å². The zero-order valence-corrected chi connectivity index (χ0v) is 16.7. The molecule has 0 aliphatic rings. The number of hydrogen-bond acceptors (Lipinski definition) is 4. The van der Waals surface area contributed by atoms with Crippen LogP contribution in [0, 0.1) is 29.1 Å². The molecule has 0 unspecified atom stereocenters. The monoisotopic (exact) mass is 478 g/mol. The van der Waals surface area contributed by atoms with E-state index in [0.29, 0.717) is 30.3 Å². The molecular formula is C18H11F5N2O4S2. The molecule has 2 N–H and O–H groups in total. The van der Waals surface area contributed by atoms with Gasteiger partial charge in [-0.25, -0.2) is 38.8 Å². The average molecular weight is 478 g/mol. The van der Waals surface area contributed by atoms with Crippen LogP contribution in [0.25, 0.3) is 0 Å². The van der Waals surface area contributed by atoms with E-state index >= 15 is 0 Å². The Morgan fingerprint density at radius 3 is 1.35 bits per heavy atom. The zero-order valence-electron chi connectivity index (χ0n) is 15.0. The summed E-state index contributed by atoms with van der Waals surface area (Å²) >= 11 is 0. The second kappa shape index (κ2) is 8.15. The SMILES string of the molecule is O=S(=O)(Nc1ccc(F)cc1NS(=O)(=O)c1c(F)cccc1F)c1c(F)cccc1F. The predicted molar refractivity (Wildman–Crippen MR) is 101 cm³/mol. The van der Waals surface area contributed by atoms with Crippen LogP contribution in [0.15, 0.2) is 64.4 Å². The number of benzene rings is 3. The number of halogens is 5. The van der Waals surface area contributed by atoms with E-state index in [4.69, 9.17) is 0 Å². The van der Waals surface area contributed by atoms with Gasteiger partial charge in [0.25, 0.3) is 20.0 Å². The molecule has 0 saturated heterocycles. The molecule has 0 aliphatic carbocycles. The van der Waals surface area contributed by atoms with E-state index in [1.165, 1.54) is 0 Å². The second-order valence-corrected chi connectivity index (χ2v) is 9.24. The van der Waals surface area contributed by atoms with Crippen LogP contribution >= 0.6 is 0 Å². The van der Waals surface area contributed by atoms with Gasteiger partial charge in [0.2, 0.25) is 0 Å². The molecule has 0 aromatic heterocycles. The standard InChI is InChI=1S/C18H11F5N2O4S2/c19-10-7-8-15(24-30(26,27)17-11(20)3-1-4-12(17)21)16(9-10)25-31(28,29)18-13(22)5-2-6-14(18)23/h1-9,24-25H. The molecule has 0 aliphatic heterocycles. The largest absolute Gasteiger partial charge is 0.277 e. The first kappa shape index (κ1) is 22.5. The lowest BCUT2D eigenvalue weighted by Gasteiger charge is -2.16. The summed E-state index contributed by atoms with van der Waals surface area (Å²) in [5, 5.41) is 0. The Hall–Kier alpha value is -3.19. The molecule has 6 nitrogen and oxygen atoms in total. The summed E-state index contributed by atoms with van der Waals surface area (Å²) < 4.78 is 122. The first-order chi connectivity index (χ1) is 14.4. The summed E-state index contributed by atoms with van der Waals surface area (Å²) in [5.41, 5.74) is -1.45. The molecule has 3 aromatic rings.